The molecule has 2 rings (SSSR count). The number of primary amides is 1. The molecule has 0 bridgehead atoms. The van der Waals surface area contributed by atoms with Crippen LogP contribution in [0.25, 0.3) is 0 Å². The molecule has 1 aromatic rings. The van der Waals surface area contributed by atoms with Crippen molar-refractivity contribution in [2.45, 2.75) is 38.0 Å². The predicted molar refractivity (Wildman–Crippen MR) is 73.3 cm³/mol. The Morgan fingerprint density at radius 2 is 2.05 bits per heavy atom. The van der Waals surface area contributed by atoms with Crippen molar-refractivity contribution in [3.8, 4) is 0 Å². The van der Waals surface area contributed by atoms with Crippen LogP contribution in [-0.4, -0.2) is 12.5 Å². The van der Waals surface area contributed by atoms with Gasteiger partial charge in [-0.1, -0.05) is 18.6 Å². The molecule has 3 nitrogen and oxygen atoms in total. The summed E-state index contributed by atoms with van der Waals surface area (Å²) in [5, 5.41) is 0. The Morgan fingerprint density at radius 3 is 2.74 bits per heavy atom. The van der Waals surface area contributed by atoms with Gasteiger partial charge in [0.1, 0.15) is 5.82 Å². The molecule has 1 aliphatic rings. The number of nitrogens with two attached hydrogens (primary N) is 2. The van der Waals surface area contributed by atoms with E-state index in [2.05, 4.69) is 0 Å². The Morgan fingerprint density at radius 1 is 1.26 bits per heavy atom. The highest BCUT2D eigenvalue weighted by molar-refractivity contribution is 5.93. The Bertz CT molecular complexity index is 461. The molecular formula is C15H21FN2O. The zero-order valence-corrected chi connectivity index (χ0v) is 11.1. The van der Waals surface area contributed by atoms with Crippen LogP contribution in [0.3, 0.4) is 0 Å². The SMILES string of the molecule is NCC1CCCC(c2cccc(C(N)=O)c2F)CC1. The third-order valence-electron chi connectivity index (χ3n) is 4.16. The van der Waals surface area contributed by atoms with Gasteiger partial charge in [0.05, 0.1) is 5.56 Å². The first-order valence-corrected chi connectivity index (χ1v) is 6.91. The normalized spacial score (nSPS) is 23.9. The van der Waals surface area contributed by atoms with Gasteiger partial charge in [0.15, 0.2) is 0 Å². The molecule has 1 aromatic carbocycles. The van der Waals surface area contributed by atoms with E-state index >= 15 is 0 Å². The minimum absolute atomic E-state index is 0.00267. The molecule has 0 saturated heterocycles. The van der Waals surface area contributed by atoms with E-state index in [4.69, 9.17) is 11.5 Å². The molecule has 4 N–H and O–H groups in total. The van der Waals surface area contributed by atoms with Gasteiger partial charge < -0.3 is 11.5 Å². The van der Waals surface area contributed by atoms with Crippen molar-refractivity contribution in [2.24, 2.45) is 17.4 Å². The fourth-order valence-corrected chi connectivity index (χ4v) is 2.98. The van der Waals surface area contributed by atoms with E-state index in [-0.39, 0.29) is 11.5 Å². The predicted octanol–water partition coefficient (Wildman–Crippen LogP) is 2.55. The topological polar surface area (TPSA) is 69.1 Å². The number of rotatable bonds is 3. The molecule has 0 heterocycles. The Labute approximate surface area is 113 Å². The third-order valence-corrected chi connectivity index (χ3v) is 4.16. The van der Waals surface area contributed by atoms with Crippen molar-refractivity contribution < 1.29 is 9.18 Å². The van der Waals surface area contributed by atoms with Gasteiger partial charge in [-0.15, -0.1) is 0 Å². The van der Waals surface area contributed by atoms with Crippen LogP contribution >= 0.6 is 0 Å². The minimum Gasteiger partial charge on any atom is -0.366 e. The molecule has 0 aromatic heterocycles. The number of benzene rings is 1. The Kier molecular flexibility index (Phi) is 4.53. The second-order valence-electron chi connectivity index (χ2n) is 5.38. The van der Waals surface area contributed by atoms with E-state index in [9.17, 15) is 9.18 Å². The van der Waals surface area contributed by atoms with Crippen molar-refractivity contribution in [1.82, 2.24) is 0 Å². The maximum atomic E-state index is 14.3. The highest BCUT2D eigenvalue weighted by Gasteiger charge is 2.23. The summed E-state index contributed by atoms with van der Waals surface area (Å²) in [6.07, 6.45) is 5.09. The maximum absolute atomic E-state index is 14.3. The average molecular weight is 264 g/mol. The first-order chi connectivity index (χ1) is 9.13. The Hall–Kier alpha value is -1.42. The summed E-state index contributed by atoms with van der Waals surface area (Å²) in [6, 6.07) is 4.93. The lowest BCUT2D eigenvalue weighted by molar-refractivity contribution is 0.0996. The lowest BCUT2D eigenvalue weighted by Gasteiger charge is -2.17. The second kappa shape index (κ2) is 6.15. The van der Waals surface area contributed by atoms with Crippen LogP contribution in [0, 0.1) is 11.7 Å². The lowest BCUT2D eigenvalue weighted by atomic mass is 9.89. The van der Waals surface area contributed by atoms with Crippen LogP contribution in [0.1, 0.15) is 53.9 Å². The first kappa shape index (κ1) is 14.0. The minimum atomic E-state index is -0.701. The third kappa shape index (κ3) is 3.13. The molecule has 0 radical (unpaired) electrons. The van der Waals surface area contributed by atoms with Crippen LogP contribution in [0.2, 0.25) is 0 Å². The van der Waals surface area contributed by atoms with Gasteiger partial charge >= 0.3 is 0 Å². The molecule has 1 saturated carbocycles. The summed E-state index contributed by atoms with van der Waals surface area (Å²) in [5.74, 6) is -0.415. The van der Waals surface area contributed by atoms with Crippen LogP contribution in [-0.2, 0) is 0 Å². The van der Waals surface area contributed by atoms with Crippen molar-refractivity contribution in [3.63, 3.8) is 0 Å². The highest BCUT2D eigenvalue weighted by Crippen LogP contribution is 2.35. The monoisotopic (exact) mass is 264 g/mol. The molecule has 19 heavy (non-hydrogen) atoms. The molecular weight excluding hydrogens is 243 g/mol. The number of carbonyl (C=O) groups excluding carboxylic acids is 1. The second-order valence-corrected chi connectivity index (χ2v) is 5.38. The summed E-state index contributed by atoms with van der Waals surface area (Å²) in [6.45, 7) is 0.705. The van der Waals surface area contributed by atoms with E-state index in [1.165, 1.54) is 6.07 Å². The summed E-state index contributed by atoms with van der Waals surface area (Å²) in [5.41, 5.74) is 11.5. The van der Waals surface area contributed by atoms with E-state index in [1.807, 2.05) is 0 Å². The number of hydrogen-bond donors (Lipinski definition) is 2. The van der Waals surface area contributed by atoms with Gasteiger partial charge in [-0.3, -0.25) is 4.79 Å². The quantitative estimate of drug-likeness (QED) is 0.824. The first-order valence-electron chi connectivity index (χ1n) is 6.91. The maximum Gasteiger partial charge on any atom is 0.251 e. The fourth-order valence-electron chi connectivity index (χ4n) is 2.98. The van der Waals surface area contributed by atoms with Crippen LogP contribution in [0.4, 0.5) is 4.39 Å². The number of amides is 1. The van der Waals surface area contributed by atoms with Gasteiger partial charge in [0.2, 0.25) is 0 Å². The van der Waals surface area contributed by atoms with Crippen LogP contribution < -0.4 is 11.5 Å². The molecule has 2 unspecified atom stereocenters. The molecule has 0 aliphatic heterocycles. The number of hydrogen-bond acceptors (Lipinski definition) is 2. The number of halogens is 1. The van der Waals surface area contributed by atoms with E-state index in [1.54, 1.807) is 12.1 Å². The van der Waals surface area contributed by atoms with E-state index in [0.29, 0.717) is 18.0 Å². The van der Waals surface area contributed by atoms with Crippen molar-refractivity contribution in [1.29, 1.82) is 0 Å². The average Bonchev–Trinajstić information content (AvgIpc) is 2.64. The summed E-state index contributed by atoms with van der Waals surface area (Å²) in [7, 11) is 0. The summed E-state index contributed by atoms with van der Waals surface area (Å²) < 4.78 is 14.3. The smallest absolute Gasteiger partial charge is 0.251 e. The van der Waals surface area contributed by atoms with E-state index < -0.39 is 11.7 Å². The molecule has 104 valence electrons. The zero-order chi connectivity index (χ0) is 13.8. The Balaban J connectivity index is 2.22. The summed E-state index contributed by atoms with van der Waals surface area (Å²) in [4.78, 5) is 11.2. The standard InChI is InChI=1S/C15H21FN2O/c16-14-12(5-2-6-13(14)15(18)19)11-4-1-3-10(9-17)7-8-11/h2,5-6,10-11H,1,3-4,7-9,17H2,(H2,18,19). The van der Waals surface area contributed by atoms with Crippen molar-refractivity contribution >= 4 is 5.91 Å². The molecule has 2 atom stereocenters. The summed E-state index contributed by atoms with van der Waals surface area (Å²) >= 11 is 0. The molecule has 1 aliphatic carbocycles. The molecule has 0 spiro atoms. The number of carbonyl (C=O) groups is 1. The van der Waals surface area contributed by atoms with Crippen molar-refractivity contribution in [2.75, 3.05) is 6.54 Å². The van der Waals surface area contributed by atoms with Gasteiger partial charge in [0, 0.05) is 0 Å². The van der Waals surface area contributed by atoms with Crippen LogP contribution in [0.15, 0.2) is 18.2 Å². The molecule has 1 amide bonds. The van der Waals surface area contributed by atoms with Gasteiger partial charge in [-0.2, -0.15) is 0 Å². The zero-order valence-electron chi connectivity index (χ0n) is 11.1. The van der Waals surface area contributed by atoms with Crippen LogP contribution in [0.5, 0.6) is 0 Å². The molecule has 4 heteroatoms. The van der Waals surface area contributed by atoms with Gasteiger partial charge in [-0.05, 0) is 55.7 Å². The largest absolute Gasteiger partial charge is 0.366 e. The molecule has 1 fully saturated rings. The fraction of sp³-hybridized carbons (Fsp3) is 0.533. The van der Waals surface area contributed by atoms with Crippen molar-refractivity contribution in [3.05, 3.63) is 35.1 Å². The van der Waals surface area contributed by atoms with Gasteiger partial charge in [0.25, 0.3) is 5.91 Å². The van der Waals surface area contributed by atoms with Gasteiger partial charge in [-0.25, -0.2) is 4.39 Å². The highest BCUT2D eigenvalue weighted by atomic mass is 19.1. The van der Waals surface area contributed by atoms with E-state index in [0.717, 1.165) is 32.1 Å². The lowest BCUT2D eigenvalue weighted by Crippen LogP contribution is -2.15.